The summed E-state index contributed by atoms with van der Waals surface area (Å²) < 4.78 is 59.9. The first-order valence-electron chi connectivity index (χ1n) is 38.5. The molecule has 2 N–H and O–H groups in total. The topological polar surface area (TPSA) is 198 Å². The minimum atomic E-state index is -2.65. The van der Waals surface area contributed by atoms with Crippen LogP contribution in [0.5, 0.6) is 0 Å². The zero-order chi connectivity index (χ0) is 72.2. The largest absolute Gasteiger partial charge is 0.349 e. The second kappa shape index (κ2) is 34.4. The lowest BCUT2D eigenvalue weighted by Crippen LogP contribution is -2.47. The molecule has 13 rings (SSSR count). The fraction of sp³-hybridized carbons (Fsp3) is 0.585. The van der Waals surface area contributed by atoms with Crippen molar-refractivity contribution in [1.82, 2.24) is 54.9 Å². The van der Waals surface area contributed by atoms with Gasteiger partial charge in [0.1, 0.15) is 34.9 Å². The van der Waals surface area contributed by atoms with Crippen LogP contribution >= 0.6 is 0 Å². The van der Waals surface area contributed by atoms with Crippen LogP contribution in [0.25, 0.3) is 0 Å². The van der Waals surface area contributed by atoms with Crippen LogP contribution in [0.15, 0.2) is 109 Å². The van der Waals surface area contributed by atoms with Crippen molar-refractivity contribution in [3.8, 4) is 0 Å². The number of unbranched alkanes of at least 4 members (excludes halogenated alkanes) is 2. The predicted molar refractivity (Wildman–Crippen MR) is 386 cm³/mol. The summed E-state index contributed by atoms with van der Waals surface area (Å²) in [6.45, 7) is 7.86. The quantitative estimate of drug-likeness (QED) is 0.0142. The van der Waals surface area contributed by atoms with Crippen molar-refractivity contribution < 1.29 is 46.3 Å². The van der Waals surface area contributed by atoms with E-state index in [0.29, 0.717) is 67.6 Å². The van der Waals surface area contributed by atoms with E-state index in [1.165, 1.54) is 35.8 Å². The molecule has 7 heterocycles. The van der Waals surface area contributed by atoms with Crippen molar-refractivity contribution in [3.63, 3.8) is 0 Å². The van der Waals surface area contributed by atoms with Gasteiger partial charge in [-0.1, -0.05) is 97.1 Å². The maximum atomic E-state index is 13.8. The number of hydrogen-bond donors (Lipinski definition) is 2. The Morgan fingerprint density at radius 2 is 0.883 bits per heavy atom. The average Bonchev–Trinajstić information content (AvgIpc) is 1.65. The minimum absolute atomic E-state index is 0.00278. The summed E-state index contributed by atoms with van der Waals surface area (Å²) in [4.78, 5) is 80.3. The summed E-state index contributed by atoms with van der Waals surface area (Å²) in [5, 5.41) is 24.8. The van der Waals surface area contributed by atoms with Crippen LogP contribution in [0, 0.1) is 25.7 Å². The third kappa shape index (κ3) is 19.6. The van der Waals surface area contributed by atoms with Crippen LogP contribution in [0.3, 0.4) is 0 Å². The number of alkyl halides is 4. The highest BCUT2D eigenvalue weighted by Crippen LogP contribution is 2.45. The number of benzene rings is 4. The molecule has 17 nitrogen and oxygen atoms in total. The molecule has 4 aromatic carbocycles. The lowest BCUT2D eigenvalue weighted by Gasteiger charge is -2.40. The number of aryl methyl sites for hydroxylation is 7. The number of piperidine rings is 2. The molecule has 5 aliphatic heterocycles. The van der Waals surface area contributed by atoms with Gasteiger partial charge in [0, 0.05) is 125 Å². The molecule has 0 spiro atoms. The van der Waals surface area contributed by atoms with Crippen molar-refractivity contribution in [1.29, 1.82) is 0 Å². The summed E-state index contributed by atoms with van der Waals surface area (Å²) >= 11 is 0. The van der Waals surface area contributed by atoms with E-state index < -0.39 is 11.8 Å². The second-order valence-electron chi connectivity index (χ2n) is 30.8. The van der Waals surface area contributed by atoms with Gasteiger partial charge in [-0.3, -0.25) is 43.5 Å². The molecule has 6 atom stereocenters. The normalized spacial score (nSPS) is 23.1. The second-order valence-corrected chi connectivity index (χ2v) is 30.8. The van der Waals surface area contributed by atoms with E-state index in [1.54, 1.807) is 0 Å². The molecule has 4 bridgehead atoms. The Morgan fingerprint density at radius 3 is 1.26 bits per heavy atom. The van der Waals surface area contributed by atoms with Gasteiger partial charge in [-0.05, 0) is 196 Å². The molecule has 552 valence electrons. The SMILES string of the molecule is CC(=O)CC(=O)CCc1ccc(CCCCc2nnc(C)n2C2CC3CCC(C2)N3CC[C@H](NC(=O)C2CCC(F)(F)CC2)c2ccccc2)cc1.Cc1nnc(CCCCc2ccc(C(=O)N3CCC3=O)cc2)n1C1CC2CCC(C1)N2CC[C@H](NC(=O)C1CCC(F)(F)CC1)c1ccccc1. The van der Waals surface area contributed by atoms with Crippen molar-refractivity contribution in [2.75, 3.05) is 19.6 Å². The molecule has 7 aliphatic rings. The molecule has 6 aromatic rings. The highest BCUT2D eigenvalue weighted by molar-refractivity contribution is 6.07. The van der Waals surface area contributed by atoms with E-state index in [0.717, 1.165) is 156 Å². The fourth-order valence-electron chi connectivity index (χ4n) is 17.8. The van der Waals surface area contributed by atoms with Gasteiger partial charge in [-0.2, -0.15) is 0 Å². The Kier molecular flexibility index (Phi) is 25.0. The average molecular weight is 1420 g/mol. The molecule has 0 radical (unpaired) electrons. The number of Topliss-reactive ketones (excluding diaryl/α,β-unsaturated/α-hetero) is 2. The monoisotopic (exact) mass is 1420 g/mol. The first kappa shape index (κ1) is 74.9. The zero-order valence-corrected chi connectivity index (χ0v) is 60.5. The van der Waals surface area contributed by atoms with Crippen LogP contribution in [0.4, 0.5) is 17.6 Å². The molecule has 4 unspecified atom stereocenters. The van der Waals surface area contributed by atoms with Crippen LogP contribution in [-0.4, -0.2) is 135 Å². The van der Waals surface area contributed by atoms with Gasteiger partial charge in [-0.15, -0.1) is 20.4 Å². The Morgan fingerprint density at radius 1 is 0.495 bits per heavy atom. The summed E-state index contributed by atoms with van der Waals surface area (Å²) in [6, 6.07) is 38.6. The first-order chi connectivity index (χ1) is 49.7. The highest BCUT2D eigenvalue weighted by Gasteiger charge is 2.45. The number of likely N-dealkylation sites (tertiary alicyclic amines) is 1. The number of rotatable bonds is 30. The number of nitrogens with one attached hydrogen (secondary N) is 2. The van der Waals surface area contributed by atoms with Crippen molar-refractivity contribution in [2.45, 2.75) is 274 Å². The third-order valence-electron chi connectivity index (χ3n) is 23.6. The number of imide groups is 1. The van der Waals surface area contributed by atoms with E-state index in [9.17, 15) is 46.3 Å². The Bertz CT molecular complexity index is 3800. The molecule has 4 amide bonds. The van der Waals surface area contributed by atoms with Gasteiger partial charge in [0.15, 0.2) is 0 Å². The van der Waals surface area contributed by atoms with Crippen molar-refractivity contribution >= 4 is 35.2 Å². The fourth-order valence-corrected chi connectivity index (χ4v) is 17.8. The molecule has 5 saturated heterocycles. The number of nitrogens with zero attached hydrogens (tertiary/aromatic N) is 9. The summed E-state index contributed by atoms with van der Waals surface area (Å²) in [6.07, 6.45) is 19.9. The summed E-state index contributed by atoms with van der Waals surface area (Å²) in [5.74, 6) is -2.48. The minimum Gasteiger partial charge on any atom is -0.349 e. The van der Waals surface area contributed by atoms with Gasteiger partial charge < -0.3 is 19.8 Å². The third-order valence-corrected chi connectivity index (χ3v) is 23.6. The van der Waals surface area contributed by atoms with Crippen LogP contribution < -0.4 is 10.6 Å². The number of aromatic nitrogens is 6. The number of carbonyl (C=O) groups excluding carboxylic acids is 6. The lowest BCUT2D eigenvalue weighted by molar-refractivity contribution is -0.136. The van der Waals surface area contributed by atoms with Crippen molar-refractivity contribution in [2.24, 2.45) is 11.8 Å². The number of carbonyl (C=O) groups is 6. The van der Waals surface area contributed by atoms with E-state index >= 15 is 0 Å². The smallest absolute Gasteiger partial charge is 0.260 e. The lowest BCUT2D eigenvalue weighted by atomic mass is 9.86. The van der Waals surface area contributed by atoms with Gasteiger partial charge in [0.2, 0.25) is 29.6 Å². The van der Waals surface area contributed by atoms with E-state index in [-0.39, 0.29) is 117 Å². The van der Waals surface area contributed by atoms with Crippen LogP contribution in [0.2, 0.25) is 0 Å². The van der Waals surface area contributed by atoms with E-state index in [4.69, 9.17) is 0 Å². The highest BCUT2D eigenvalue weighted by atomic mass is 19.3. The molecule has 2 aliphatic carbocycles. The Balaban J connectivity index is 0.000000194. The van der Waals surface area contributed by atoms with Crippen molar-refractivity contribution in [3.05, 3.63) is 166 Å². The summed E-state index contributed by atoms with van der Waals surface area (Å²) in [7, 11) is 0. The first-order valence-corrected chi connectivity index (χ1v) is 38.5. The molecular weight excluding hydrogens is 1310 g/mol. The Labute approximate surface area is 604 Å². The number of ketones is 2. The molecule has 2 saturated carbocycles. The molecular formula is C82H105F4N11O6. The molecule has 21 heteroatoms. The molecule has 103 heavy (non-hydrogen) atoms. The van der Waals surface area contributed by atoms with E-state index in [1.807, 2.05) is 60.7 Å². The summed E-state index contributed by atoms with van der Waals surface area (Å²) in [5.41, 5.74) is 6.27. The molecule has 2 aromatic heterocycles. The number of hydrogen-bond acceptors (Lipinski definition) is 12. The van der Waals surface area contributed by atoms with Gasteiger partial charge in [0.25, 0.3) is 5.91 Å². The standard InChI is InChI=1S/C42H55F2N5O3.C40H50F2N6O3/c1-29(50)26-38(51)19-16-32-14-12-31(13-15-32)8-6-7-11-40-47-46-30(2)49(40)37-27-35-17-18-36(28-37)48(35)25-22-39(33-9-4-3-5-10-33)45-41(52)34-20-23-42(43,44)24-21-34;1-27-44-45-36(10-6-5-7-28-11-13-31(14-12-28)39(51)47-24-20-37(47)49)48(27)34-25-32-15-16-33(26-34)46(32)23-19-35(29-8-3-2-4-9-29)43-38(50)30-17-21-40(41,42)22-18-30/h3-5,9-10,12-15,34-37,39H,6-8,11,16-28H2,1-2H3,(H,45,52);2-4,8-9,11-14,30,32-35H,5-7,10,15-26H2,1H3,(H,43,50)/t35?,36?,37?,39-;32?,33?,34?,35-/m00/s1. The predicted octanol–water partition coefficient (Wildman–Crippen LogP) is 14.6. The maximum Gasteiger partial charge on any atom is 0.260 e. The number of fused-ring (bicyclic) bond motifs is 4. The van der Waals surface area contributed by atoms with Gasteiger partial charge in [0.05, 0.1) is 18.5 Å². The van der Waals surface area contributed by atoms with E-state index in [2.05, 4.69) is 112 Å². The maximum absolute atomic E-state index is 13.8. The number of halogens is 4. The molecule has 7 fully saturated rings. The van der Waals surface area contributed by atoms with Gasteiger partial charge in [-0.25, -0.2) is 17.6 Å². The number of amides is 4. The van der Waals surface area contributed by atoms with Crippen LogP contribution in [-0.2, 0) is 56.1 Å². The zero-order valence-electron chi connectivity index (χ0n) is 60.5. The Hall–Kier alpha value is -7.78. The number of β-lactam (4-membered cyclic amide) rings is 1. The van der Waals surface area contributed by atoms with Gasteiger partial charge >= 0.3 is 0 Å². The van der Waals surface area contributed by atoms with Crippen LogP contribution in [0.1, 0.15) is 253 Å².